The van der Waals surface area contributed by atoms with Gasteiger partial charge in [0.25, 0.3) is 0 Å². The third-order valence-corrected chi connectivity index (χ3v) is 4.95. The van der Waals surface area contributed by atoms with E-state index in [0.717, 1.165) is 0 Å². The van der Waals surface area contributed by atoms with E-state index in [9.17, 15) is 0 Å². The van der Waals surface area contributed by atoms with Gasteiger partial charge in [-0.15, -0.1) is 0 Å². The first kappa shape index (κ1) is 13.6. The quantitative estimate of drug-likeness (QED) is 0.421. The Bertz CT molecular complexity index is 807. The largest absolute Gasteiger partial charge is 0.0616 e. The molecule has 0 saturated heterocycles. The molecular formula is C19H19Br. The molecule has 0 nitrogen and oxygen atoms in total. The van der Waals surface area contributed by atoms with E-state index in [-0.39, 0.29) is 5.41 Å². The van der Waals surface area contributed by atoms with Crippen molar-refractivity contribution in [1.82, 2.24) is 0 Å². The van der Waals surface area contributed by atoms with Gasteiger partial charge in [0, 0.05) is 4.47 Å². The summed E-state index contributed by atoms with van der Waals surface area (Å²) >= 11 is 3.79. The molecular weight excluding hydrogens is 308 g/mol. The average Bonchev–Trinajstić information content (AvgIpc) is 2.43. The first-order chi connectivity index (χ1) is 9.39. The lowest BCUT2D eigenvalue weighted by Gasteiger charge is -2.21. The maximum absolute atomic E-state index is 3.79. The molecule has 0 aromatic heterocycles. The predicted molar refractivity (Wildman–Crippen MR) is 92.6 cm³/mol. The van der Waals surface area contributed by atoms with Crippen LogP contribution in [0.1, 0.15) is 31.9 Å². The lowest BCUT2D eigenvalue weighted by atomic mass is 9.85. The summed E-state index contributed by atoms with van der Waals surface area (Å²) in [5, 5.41) is 5.27. The van der Waals surface area contributed by atoms with Crippen LogP contribution in [0.4, 0.5) is 0 Å². The molecule has 0 amide bonds. The molecule has 0 spiro atoms. The summed E-state index contributed by atoms with van der Waals surface area (Å²) in [7, 11) is 0. The molecule has 0 fully saturated rings. The van der Waals surface area contributed by atoms with Crippen LogP contribution in [0.25, 0.3) is 21.5 Å². The van der Waals surface area contributed by atoms with Gasteiger partial charge in [-0.25, -0.2) is 0 Å². The van der Waals surface area contributed by atoms with Crippen LogP contribution in [-0.2, 0) is 5.41 Å². The Morgan fingerprint density at radius 2 is 1.40 bits per heavy atom. The van der Waals surface area contributed by atoms with Crippen molar-refractivity contribution in [3.8, 4) is 0 Å². The second kappa shape index (κ2) is 4.60. The second-order valence-electron chi connectivity index (χ2n) is 6.49. The van der Waals surface area contributed by atoms with E-state index in [1.54, 1.807) is 0 Å². The zero-order chi connectivity index (χ0) is 14.5. The monoisotopic (exact) mass is 326 g/mol. The number of hydrogen-bond acceptors (Lipinski definition) is 0. The van der Waals surface area contributed by atoms with Crippen molar-refractivity contribution < 1.29 is 0 Å². The number of aryl methyl sites for hydroxylation is 1. The minimum Gasteiger partial charge on any atom is -0.0616 e. The Morgan fingerprint density at radius 1 is 0.800 bits per heavy atom. The Kier molecular flexibility index (Phi) is 3.13. The smallest absolute Gasteiger partial charge is 0.0332 e. The Hall–Kier alpha value is -1.34. The topological polar surface area (TPSA) is 0 Å². The molecule has 3 aromatic rings. The summed E-state index contributed by atoms with van der Waals surface area (Å²) in [5.41, 5.74) is 2.93. The van der Waals surface area contributed by atoms with E-state index in [1.165, 1.54) is 37.1 Å². The molecule has 0 aliphatic rings. The van der Waals surface area contributed by atoms with Crippen LogP contribution in [0.3, 0.4) is 0 Å². The fraction of sp³-hybridized carbons (Fsp3) is 0.263. The zero-order valence-corrected chi connectivity index (χ0v) is 14.0. The van der Waals surface area contributed by atoms with Gasteiger partial charge in [0.15, 0.2) is 0 Å². The van der Waals surface area contributed by atoms with E-state index in [1.807, 2.05) is 0 Å². The molecule has 0 atom stereocenters. The van der Waals surface area contributed by atoms with Crippen LogP contribution in [-0.4, -0.2) is 0 Å². The molecule has 0 heterocycles. The van der Waals surface area contributed by atoms with Gasteiger partial charge < -0.3 is 0 Å². The Balaban J connectivity index is 2.47. The molecule has 0 bridgehead atoms. The van der Waals surface area contributed by atoms with Crippen molar-refractivity contribution in [1.29, 1.82) is 0 Å². The van der Waals surface area contributed by atoms with Crippen molar-refractivity contribution >= 4 is 37.5 Å². The van der Waals surface area contributed by atoms with E-state index >= 15 is 0 Å². The summed E-state index contributed by atoms with van der Waals surface area (Å²) in [6.45, 7) is 9.02. The third kappa shape index (κ3) is 2.05. The van der Waals surface area contributed by atoms with Crippen LogP contribution < -0.4 is 0 Å². The number of benzene rings is 3. The van der Waals surface area contributed by atoms with Gasteiger partial charge in [-0.1, -0.05) is 63.2 Å². The highest BCUT2D eigenvalue weighted by molar-refractivity contribution is 9.10. The fourth-order valence-electron chi connectivity index (χ4n) is 2.80. The minimum absolute atomic E-state index is 0.179. The standard InChI is InChI=1S/C19H19Br/c1-12-14-7-5-6-8-15(14)18(20)16-10-9-13(11-17(12)16)19(2,3)4/h5-11H,1-4H3. The van der Waals surface area contributed by atoms with Gasteiger partial charge in [-0.2, -0.15) is 0 Å². The van der Waals surface area contributed by atoms with Crippen molar-refractivity contribution in [3.63, 3.8) is 0 Å². The van der Waals surface area contributed by atoms with Crippen LogP contribution in [0.5, 0.6) is 0 Å². The Labute approximate surface area is 128 Å². The first-order valence-corrected chi connectivity index (χ1v) is 7.80. The van der Waals surface area contributed by atoms with E-state index in [4.69, 9.17) is 0 Å². The molecule has 0 saturated carbocycles. The van der Waals surface area contributed by atoms with Crippen LogP contribution >= 0.6 is 15.9 Å². The minimum atomic E-state index is 0.179. The van der Waals surface area contributed by atoms with Crippen LogP contribution in [0.2, 0.25) is 0 Å². The van der Waals surface area contributed by atoms with Crippen molar-refractivity contribution in [2.24, 2.45) is 0 Å². The van der Waals surface area contributed by atoms with Crippen molar-refractivity contribution in [2.75, 3.05) is 0 Å². The summed E-state index contributed by atoms with van der Waals surface area (Å²) < 4.78 is 1.20. The number of rotatable bonds is 0. The summed E-state index contributed by atoms with van der Waals surface area (Å²) in [5.74, 6) is 0. The first-order valence-electron chi connectivity index (χ1n) is 7.00. The van der Waals surface area contributed by atoms with Crippen LogP contribution in [0, 0.1) is 6.92 Å². The maximum Gasteiger partial charge on any atom is 0.0332 e. The molecule has 3 rings (SSSR count). The van der Waals surface area contributed by atoms with Gasteiger partial charge in [0.2, 0.25) is 0 Å². The fourth-order valence-corrected chi connectivity index (χ4v) is 3.50. The van der Waals surface area contributed by atoms with Crippen LogP contribution in [0.15, 0.2) is 46.9 Å². The van der Waals surface area contributed by atoms with Crippen molar-refractivity contribution in [2.45, 2.75) is 33.1 Å². The zero-order valence-electron chi connectivity index (χ0n) is 12.4. The molecule has 20 heavy (non-hydrogen) atoms. The summed E-state index contributed by atoms with van der Waals surface area (Å²) in [6, 6.07) is 15.5. The van der Waals surface area contributed by atoms with Gasteiger partial charge in [-0.3, -0.25) is 0 Å². The highest BCUT2D eigenvalue weighted by atomic mass is 79.9. The summed E-state index contributed by atoms with van der Waals surface area (Å²) in [6.07, 6.45) is 0. The molecule has 1 heteroatoms. The maximum atomic E-state index is 3.79. The molecule has 3 aromatic carbocycles. The van der Waals surface area contributed by atoms with Gasteiger partial charge in [0.1, 0.15) is 0 Å². The molecule has 0 aliphatic heterocycles. The molecule has 0 N–H and O–H groups in total. The molecule has 102 valence electrons. The molecule has 0 aliphatic carbocycles. The highest BCUT2D eigenvalue weighted by Gasteiger charge is 2.16. The number of hydrogen-bond donors (Lipinski definition) is 0. The summed E-state index contributed by atoms with van der Waals surface area (Å²) in [4.78, 5) is 0. The molecule has 0 unspecified atom stereocenters. The van der Waals surface area contributed by atoms with Gasteiger partial charge in [-0.05, 0) is 60.9 Å². The normalized spacial score (nSPS) is 12.2. The number of fused-ring (bicyclic) bond motifs is 2. The van der Waals surface area contributed by atoms with Gasteiger partial charge in [0.05, 0.1) is 0 Å². The highest BCUT2D eigenvalue weighted by Crippen LogP contribution is 2.37. The van der Waals surface area contributed by atoms with Gasteiger partial charge >= 0.3 is 0 Å². The van der Waals surface area contributed by atoms with Crippen molar-refractivity contribution in [3.05, 3.63) is 58.1 Å². The lowest BCUT2D eigenvalue weighted by Crippen LogP contribution is -2.10. The third-order valence-electron chi connectivity index (χ3n) is 4.09. The number of halogens is 1. The SMILES string of the molecule is Cc1c2ccccc2c(Br)c2ccc(C(C)(C)C)cc12. The van der Waals surface area contributed by atoms with E-state index in [0.29, 0.717) is 0 Å². The Morgan fingerprint density at radius 3 is 2.05 bits per heavy atom. The lowest BCUT2D eigenvalue weighted by molar-refractivity contribution is 0.591. The van der Waals surface area contributed by atoms with E-state index in [2.05, 4.69) is 86.1 Å². The average molecular weight is 327 g/mol. The second-order valence-corrected chi connectivity index (χ2v) is 7.29. The molecule has 0 radical (unpaired) electrons. The predicted octanol–water partition coefficient (Wildman–Crippen LogP) is 6.36. The van der Waals surface area contributed by atoms with E-state index < -0.39 is 0 Å².